The number of carbonyl (C=O) groups is 1. The molecule has 3 aromatic rings. The van der Waals surface area contributed by atoms with Gasteiger partial charge in [0.15, 0.2) is 5.69 Å². The summed E-state index contributed by atoms with van der Waals surface area (Å²) in [6.07, 6.45) is -4.21. The highest BCUT2D eigenvalue weighted by Crippen LogP contribution is 2.37. The van der Waals surface area contributed by atoms with Gasteiger partial charge in [0.05, 0.1) is 7.11 Å². The predicted molar refractivity (Wildman–Crippen MR) is 102 cm³/mol. The molecule has 1 aromatic heterocycles. The Morgan fingerprint density at radius 3 is 2.39 bits per heavy atom. The number of carbonyl (C=O) groups excluding carboxylic acids is 1. The molecule has 1 amide bonds. The fraction of sp³-hybridized carbons (Fsp3) is 0.200. The third-order valence-corrected chi connectivity index (χ3v) is 5.08. The van der Waals surface area contributed by atoms with Crippen LogP contribution in [0.2, 0.25) is 0 Å². The van der Waals surface area contributed by atoms with Crippen molar-refractivity contribution in [2.75, 3.05) is 13.7 Å². The van der Waals surface area contributed by atoms with Gasteiger partial charge in [0, 0.05) is 12.1 Å². The van der Waals surface area contributed by atoms with Crippen molar-refractivity contribution in [3.8, 4) is 16.3 Å². The maximum Gasteiger partial charge on any atom is 0.435 e. The van der Waals surface area contributed by atoms with Crippen LogP contribution in [0.1, 0.15) is 20.9 Å². The molecule has 146 valence electrons. The number of amides is 1. The molecule has 3 rings (SSSR count). The van der Waals surface area contributed by atoms with Crippen molar-refractivity contribution < 1.29 is 22.7 Å². The van der Waals surface area contributed by atoms with Crippen molar-refractivity contribution >= 4 is 17.2 Å². The molecule has 0 saturated heterocycles. The van der Waals surface area contributed by atoms with Crippen molar-refractivity contribution in [3.05, 3.63) is 70.7 Å². The first kappa shape index (κ1) is 19.9. The van der Waals surface area contributed by atoms with Gasteiger partial charge in [-0.3, -0.25) is 4.79 Å². The molecular formula is C20H17F3N2O2S. The van der Waals surface area contributed by atoms with Crippen LogP contribution < -0.4 is 10.1 Å². The molecule has 0 radical (unpaired) electrons. The second-order valence-corrected chi connectivity index (χ2v) is 6.91. The Balaban J connectivity index is 1.73. The lowest BCUT2D eigenvalue weighted by Gasteiger charge is -2.08. The van der Waals surface area contributed by atoms with E-state index < -0.39 is 22.7 Å². The van der Waals surface area contributed by atoms with Crippen molar-refractivity contribution in [1.82, 2.24) is 10.3 Å². The molecule has 0 aliphatic carbocycles. The summed E-state index contributed by atoms with van der Waals surface area (Å²) in [4.78, 5) is 15.6. The molecule has 4 nitrogen and oxygen atoms in total. The summed E-state index contributed by atoms with van der Waals surface area (Å²) in [6, 6.07) is 15.7. The number of ether oxygens (including phenoxy) is 1. The number of aromatic nitrogens is 1. The van der Waals surface area contributed by atoms with Crippen molar-refractivity contribution in [2.45, 2.75) is 12.6 Å². The van der Waals surface area contributed by atoms with E-state index in [9.17, 15) is 18.0 Å². The maximum atomic E-state index is 13.3. The third-order valence-electron chi connectivity index (χ3n) is 3.98. The molecule has 8 heteroatoms. The third kappa shape index (κ3) is 4.69. The molecule has 1 heterocycles. The first-order valence-electron chi connectivity index (χ1n) is 8.43. The molecular weight excluding hydrogens is 389 g/mol. The number of methoxy groups -OCH3 is 1. The van der Waals surface area contributed by atoms with Crippen LogP contribution in [-0.4, -0.2) is 24.5 Å². The maximum absolute atomic E-state index is 13.3. The summed E-state index contributed by atoms with van der Waals surface area (Å²) in [5.41, 5.74) is 0.319. The van der Waals surface area contributed by atoms with Gasteiger partial charge in [-0.25, -0.2) is 4.98 Å². The molecule has 0 spiro atoms. The minimum Gasteiger partial charge on any atom is -0.497 e. The van der Waals surface area contributed by atoms with Crippen LogP contribution in [0.4, 0.5) is 13.2 Å². The second-order valence-electron chi connectivity index (χ2n) is 5.91. The van der Waals surface area contributed by atoms with Crippen LogP contribution in [0.15, 0.2) is 54.6 Å². The Morgan fingerprint density at radius 2 is 1.79 bits per heavy atom. The zero-order valence-electron chi connectivity index (χ0n) is 14.9. The van der Waals surface area contributed by atoms with Gasteiger partial charge < -0.3 is 10.1 Å². The Bertz CT molecular complexity index is 938. The Hall–Kier alpha value is -2.87. The Labute approximate surface area is 164 Å². The molecule has 0 atom stereocenters. The summed E-state index contributed by atoms with van der Waals surface area (Å²) in [5.74, 6) is -0.0683. The second kappa shape index (κ2) is 8.43. The monoisotopic (exact) mass is 406 g/mol. The first-order valence-corrected chi connectivity index (χ1v) is 9.24. The fourth-order valence-electron chi connectivity index (χ4n) is 2.56. The van der Waals surface area contributed by atoms with E-state index in [1.165, 1.54) is 0 Å². The van der Waals surface area contributed by atoms with Crippen molar-refractivity contribution in [1.29, 1.82) is 0 Å². The van der Waals surface area contributed by atoms with Crippen molar-refractivity contribution in [2.24, 2.45) is 0 Å². The van der Waals surface area contributed by atoms with E-state index in [0.29, 0.717) is 17.7 Å². The Morgan fingerprint density at radius 1 is 1.11 bits per heavy atom. The normalized spacial score (nSPS) is 11.3. The van der Waals surface area contributed by atoms with Crippen LogP contribution in [0.3, 0.4) is 0 Å². The standard InChI is InChI=1S/C20H17F3N2O2S/c1-27-15-9-7-13(8-10-15)11-12-24-18(26)16-17(20(21,22)23)25-19(28-16)14-5-3-2-4-6-14/h2-10H,11-12H2,1H3,(H,24,26). The van der Waals surface area contributed by atoms with Gasteiger partial charge in [0.1, 0.15) is 15.6 Å². The zero-order valence-corrected chi connectivity index (χ0v) is 15.7. The molecule has 0 saturated carbocycles. The number of rotatable bonds is 6. The highest BCUT2D eigenvalue weighted by atomic mass is 32.1. The fourth-order valence-corrected chi connectivity index (χ4v) is 3.57. The van der Waals surface area contributed by atoms with Gasteiger partial charge in [-0.2, -0.15) is 13.2 Å². The number of benzene rings is 2. The lowest BCUT2D eigenvalue weighted by atomic mass is 10.1. The quantitative estimate of drug-likeness (QED) is 0.639. The van der Waals surface area contributed by atoms with E-state index in [4.69, 9.17) is 4.74 Å². The smallest absolute Gasteiger partial charge is 0.435 e. The molecule has 0 aliphatic heterocycles. The van der Waals surface area contributed by atoms with Crippen LogP contribution in [-0.2, 0) is 12.6 Å². The van der Waals surface area contributed by atoms with Gasteiger partial charge in [0.25, 0.3) is 5.91 Å². The minimum absolute atomic E-state index is 0.160. The molecule has 0 unspecified atom stereocenters. The number of nitrogens with zero attached hydrogens (tertiary/aromatic N) is 1. The van der Waals surface area contributed by atoms with Gasteiger partial charge in [-0.1, -0.05) is 42.5 Å². The number of hydrogen-bond acceptors (Lipinski definition) is 4. The first-order chi connectivity index (χ1) is 13.4. The van der Waals surface area contributed by atoms with E-state index in [1.807, 2.05) is 12.1 Å². The molecule has 1 N–H and O–H groups in total. The van der Waals surface area contributed by atoms with E-state index in [2.05, 4.69) is 10.3 Å². The number of nitrogens with one attached hydrogen (secondary N) is 1. The summed E-state index contributed by atoms with van der Waals surface area (Å²) in [7, 11) is 1.56. The number of alkyl halides is 3. The largest absolute Gasteiger partial charge is 0.497 e. The molecule has 28 heavy (non-hydrogen) atoms. The Kier molecular flexibility index (Phi) is 5.99. The van der Waals surface area contributed by atoms with E-state index in [-0.39, 0.29) is 11.6 Å². The van der Waals surface area contributed by atoms with E-state index >= 15 is 0 Å². The van der Waals surface area contributed by atoms with Gasteiger partial charge in [0.2, 0.25) is 0 Å². The summed E-state index contributed by atoms with van der Waals surface area (Å²) < 4.78 is 45.1. The molecule has 0 aliphatic rings. The predicted octanol–water partition coefficient (Wildman–Crippen LogP) is 4.81. The number of hydrogen-bond donors (Lipinski definition) is 1. The van der Waals surface area contributed by atoms with E-state index in [0.717, 1.165) is 16.9 Å². The van der Waals surface area contributed by atoms with Crippen molar-refractivity contribution in [3.63, 3.8) is 0 Å². The minimum atomic E-state index is -4.70. The zero-order chi connectivity index (χ0) is 20.1. The summed E-state index contributed by atoms with van der Waals surface area (Å²) in [6.45, 7) is 0.209. The summed E-state index contributed by atoms with van der Waals surface area (Å²) in [5, 5.41) is 2.71. The lowest BCUT2D eigenvalue weighted by Crippen LogP contribution is -2.27. The molecule has 2 aromatic carbocycles. The highest BCUT2D eigenvalue weighted by Gasteiger charge is 2.39. The van der Waals surface area contributed by atoms with Crippen LogP contribution in [0.5, 0.6) is 5.75 Å². The highest BCUT2D eigenvalue weighted by molar-refractivity contribution is 7.17. The number of halogens is 3. The number of thiazole rings is 1. The van der Waals surface area contributed by atoms with Crippen LogP contribution in [0, 0.1) is 0 Å². The summed E-state index contributed by atoms with van der Waals surface area (Å²) >= 11 is 0.739. The van der Waals surface area contributed by atoms with E-state index in [1.54, 1.807) is 49.6 Å². The average molecular weight is 406 g/mol. The molecule has 0 fully saturated rings. The van der Waals surface area contributed by atoms with Crippen LogP contribution >= 0.6 is 11.3 Å². The molecule has 0 bridgehead atoms. The average Bonchev–Trinajstić information content (AvgIpc) is 3.15. The van der Waals surface area contributed by atoms with Crippen LogP contribution in [0.25, 0.3) is 10.6 Å². The SMILES string of the molecule is COc1ccc(CCNC(=O)c2sc(-c3ccccc3)nc2C(F)(F)F)cc1. The van der Waals surface area contributed by atoms with Gasteiger partial charge in [-0.05, 0) is 24.1 Å². The van der Waals surface area contributed by atoms with Gasteiger partial charge in [-0.15, -0.1) is 11.3 Å². The van der Waals surface area contributed by atoms with Gasteiger partial charge >= 0.3 is 6.18 Å². The lowest BCUT2D eigenvalue weighted by molar-refractivity contribution is -0.141. The topological polar surface area (TPSA) is 51.2 Å².